The summed E-state index contributed by atoms with van der Waals surface area (Å²) in [6.45, 7) is 3.32. The summed E-state index contributed by atoms with van der Waals surface area (Å²) >= 11 is 0. The van der Waals surface area contributed by atoms with Crippen LogP contribution in [0.15, 0.2) is 24.3 Å². The number of hydrogen-bond donors (Lipinski definition) is 2. The lowest BCUT2D eigenvalue weighted by Crippen LogP contribution is -2.44. The number of benzene rings is 1. The van der Waals surface area contributed by atoms with Crippen LogP contribution in [0, 0.1) is 5.82 Å². The number of aliphatic hydroxyl groups is 1. The van der Waals surface area contributed by atoms with Gasteiger partial charge in [-0.2, -0.15) is 0 Å². The minimum atomic E-state index is -1.92. The number of aliphatic carboxylic acids is 1. The molecule has 1 rings (SSSR count). The van der Waals surface area contributed by atoms with E-state index in [4.69, 9.17) is 5.11 Å². The molecule has 0 aromatic heterocycles. The third-order valence-corrected chi connectivity index (χ3v) is 3.17. The zero-order chi connectivity index (χ0) is 13.1. The fourth-order valence-corrected chi connectivity index (χ4v) is 2.12. The molecule has 0 aliphatic heterocycles. The highest BCUT2D eigenvalue weighted by Gasteiger charge is 2.43. The largest absolute Gasteiger partial charge is 0.479 e. The van der Waals surface area contributed by atoms with E-state index in [0.29, 0.717) is 6.42 Å². The van der Waals surface area contributed by atoms with Crippen molar-refractivity contribution in [1.29, 1.82) is 0 Å². The molecule has 0 fully saturated rings. The molecule has 0 aliphatic carbocycles. The highest BCUT2D eigenvalue weighted by atomic mass is 19.1. The lowest BCUT2D eigenvalue weighted by molar-refractivity contribution is -0.161. The van der Waals surface area contributed by atoms with Crippen LogP contribution in [0.3, 0.4) is 0 Å². The monoisotopic (exact) mass is 240 g/mol. The smallest absolute Gasteiger partial charge is 0.336 e. The second-order valence-corrected chi connectivity index (χ2v) is 4.07. The van der Waals surface area contributed by atoms with Gasteiger partial charge in [0.05, 0.1) is 0 Å². The lowest BCUT2D eigenvalue weighted by Gasteiger charge is -2.31. The van der Waals surface area contributed by atoms with Crippen LogP contribution in [0.25, 0.3) is 0 Å². The molecule has 1 aromatic rings. The molecule has 3 nitrogen and oxygen atoms in total. The Morgan fingerprint density at radius 3 is 2.41 bits per heavy atom. The van der Waals surface area contributed by atoms with E-state index in [1.165, 1.54) is 18.2 Å². The zero-order valence-electron chi connectivity index (χ0n) is 9.98. The van der Waals surface area contributed by atoms with Gasteiger partial charge < -0.3 is 10.2 Å². The molecule has 17 heavy (non-hydrogen) atoms. The third kappa shape index (κ3) is 2.47. The van der Waals surface area contributed by atoms with Gasteiger partial charge in [0.1, 0.15) is 5.82 Å². The average Bonchev–Trinajstić information content (AvgIpc) is 2.31. The van der Waals surface area contributed by atoms with Crippen LogP contribution in [0.1, 0.15) is 38.2 Å². The molecule has 1 aromatic carbocycles. The van der Waals surface area contributed by atoms with Crippen LogP contribution >= 0.6 is 0 Å². The Morgan fingerprint density at radius 1 is 1.41 bits per heavy atom. The standard InChI is InChI=1S/C13H17FO3/c1-3-10(13(17,4-2)12(15)16)9-7-5-6-8-11(9)14/h5-8,10,17H,3-4H2,1-2H3,(H,15,16). The van der Waals surface area contributed by atoms with Gasteiger partial charge in [-0.15, -0.1) is 0 Å². The minimum Gasteiger partial charge on any atom is -0.479 e. The van der Waals surface area contributed by atoms with Gasteiger partial charge in [-0.25, -0.2) is 9.18 Å². The van der Waals surface area contributed by atoms with Crippen LogP contribution in [0.5, 0.6) is 0 Å². The van der Waals surface area contributed by atoms with Crippen molar-refractivity contribution in [3.63, 3.8) is 0 Å². The summed E-state index contributed by atoms with van der Waals surface area (Å²) in [5.41, 5.74) is -1.67. The maximum absolute atomic E-state index is 13.7. The van der Waals surface area contributed by atoms with E-state index in [-0.39, 0.29) is 12.0 Å². The van der Waals surface area contributed by atoms with Gasteiger partial charge >= 0.3 is 5.97 Å². The van der Waals surface area contributed by atoms with Crippen molar-refractivity contribution in [1.82, 2.24) is 0 Å². The fraction of sp³-hybridized carbons (Fsp3) is 0.462. The Labute approximate surface area is 99.9 Å². The fourth-order valence-electron chi connectivity index (χ4n) is 2.12. The van der Waals surface area contributed by atoms with Crippen LogP contribution in [0.4, 0.5) is 4.39 Å². The topological polar surface area (TPSA) is 57.5 Å². The molecule has 0 saturated heterocycles. The summed E-state index contributed by atoms with van der Waals surface area (Å²) in [6.07, 6.45) is 0.396. The Kier molecular flexibility index (Phi) is 4.23. The first-order valence-electron chi connectivity index (χ1n) is 5.67. The number of carboxylic acid groups (broad SMARTS) is 1. The number of halogens is 1. The predicted octanol–water partition coefficient (Wildman–Crippen LogP) is 2.54. The predicted molar refractivity (Wildman–Crippen MR) is 62.3 cm³/mol. The number of carbonyl (C=O) groups is 1. The van der Waals surface area contributed by atoms with Gasteiger partial charge in [-0.05, 0) is 24.5 Å². The second kappa shape index (κ2) is 5.27. The van der Waals surface area contributed by atoms with E-state index in [1.807, 2.05) is 0 Å². The number of rotatable bonds is 5. The molecule has 0 bridgehead atoms. The zero-order valence-corrected chi connectivity index (χ0v) is 9.98. The molecule has 4 heteroatoms. The quantitative estimate of drug-likeness (QED) is 0.831. The third-order valence-electron chi connectivity index (χ3n) is 3.17. The highest BCUT2D eigenvalue weighted by molar-refractivity contribution is 5.78. The SMILES string of the molecule is CCC(c1ccccc1F)C(O)(CC)C(=O)O. The van der Waals surface area contributed by atoms with Gasteiger partial charge in [0.25, 0.3) is 0 Å². The van der Waals surface area contributed by atoms with E-state index in [0.717, 1.165) is 0 Å². The van der Waals surface area contributed by atoms with Crippen molar-refractivity contribution in [3.8, 4) is 0 Å². The maximum atomic E-state index is 13.7. The summed E-state index contributed by atoms with van der Waals surface area (Å²) in [6, 6.07) is 5.97. The van der Waals surface area contributed by atoms with Gasteiger partial charge in [0, 0.05) is 5.92 Å². The average molecular weight is 240 g/mol. The molecule has 2 N–H and O–H groups in total. The molecule has 94 valence electrons. The molecule has 0 aliphatic rings. The first-order chi connectivity index (χ1) is 7.97. The van der Waals surface area contributed by atoms with Crippen molar-refractivity contribution in [2.24, 2.45) is 0 Å². The van der Waals surface area contributed by atoms with Gasteiger partial charge in [0.15, 0.2) is 5.60 Å². The van der Waals surface area contributed by atoms with E-state index in [9.17, 15) is 14.3 Å². The van der Waals surface area contributed by atoms with Crippen LogP contribution < -0.4 is 0 Å². The van der Waals surface area contributed by atoms with Gasteiger partial charge in [-0.1, -0.05) is 32.0 Å². The molecule has 0 spiro atoms. The Bertz CT molecular complexity index is 405. The molecule has 2 unspecified atom stereocenters. The molecule has 0 amide bonds. The second-order valence-electron chi connectivity index (χ2n) is 4.07. The molecule has 0 radical (unpaired) electrons. The van der Waals surface area contributed by atoms with Crippen LogP contribution in [-0.4, -0.2) is 21.8 Å². The van der Waals surface area contributed by atoms with E-state index < -0.39 is 23.3 Å². The van der Waals surface area contributed by atoms with E-state index >= 15 is 0 Å². The minimum absolute atomic E-state index is 0.0369. The first kappa shape index (κ1) is 13.6. The van der Waals surface area contributed by atoms with E-state index in [1.54, 1.807) is 19.9 Å². The molecule has 0 saturated carbocycles. The Morgan fingerprint density at radius 2 is 2.00 bits per heavy atom. The lowest BCUT2D eigenvalue weighted by atomic mass is 9.78. The normalized spacial score (nSPS) is 16.2. The van der Waals surface area contributed by atoms with Crippen molar-refractivity contribution in [2.45, 2.75) is 38.2 Å². The van der Waals surface area contributed by atoms with E-state index in [2.05, 4.69) is 0 Å². The number of carboxylic acids is 1. The molecular weight excluding hydrogens is 223 g/mol. The maximum Gasteiger partial charge on any atom is 0.336 e. The van der Waals surface area contributed by atoms with Crippen molar-refractivity contribution >= 4 is 5.97 Å². The summed E-state index contributed by atoms with van der Waals surface area (Å²) in [5.74, 6) is -2.53. The van der Waals surface area contributed by atoms with Crippen molar-refractivity contribution in [3.05, 3.63) is 35.6 Å². The van der Waals surface area contributed by atoms with Crippen LogP contribution in [-0.2, 0) is 4.79 Å². The van der Waals surface area contributed by atoms with Gasteiger partial charge in [-0.3, -0.25) is 0 Å². The Balaban J connectivity index is 3.24. The molecule has 0 heterocycles. The summed E-state index contributed by atoms with van der Waals surface area (Å²) in [5, 5.41) is 19.3. The van der Waals surface area contributed by atoms with Crippen LogP contribution in [0.2, 0.25) is 0 Å². The number of hydrogen-bond acceptors (Lipinski definition) is 2. The molecule has 2 atom stereocenters. The molecular formula is C13H17FO3. The summed E-state index contributed by atoms with van der Waals surface area (Å²) in [7, 11) is 0. The van der Waals surface area contributed by atoms with Crippen molar-refractivity contribution < 1.29 is 19.4 Å². The highest BCUT2D eigenvalue weighted by Crippen LogP contribution is 2.35. The first-order valence-corrected chi connectivity index (χ1v) is 5.67. The Hall–Kier alpha value is -1.42. The summed E-state index contributed by atoms with van der Waals surface area (Å²) < 4.78 is 13.7. The van der Waals surface area contributed by atoms with Crippen molar-refractivity contribution in [2.75, 3.05) is 0 Å². The summed E-state index contributed by atoms with van der Waals surface area (Å²) in [4.78, 5) is 11.2. The van der Waals surface area contributed by atoms with Gasteiger partial charge in [0.2, 0.25) is 0 Å².